The van der Waals surface area contributed by atoms with Crippen LogP contribution in [0.25, 0.3) is 22.5 Å². The average molecular weight is 411 g/mol. The highest BCUT2D eigenvalue weighted by Gasteiger charge is 2.38. The minimum Gasteiger partial charge on any atom is -0.480 e. The van der Waals surface area contributed by atoms with Gasteiger partial charge in [0.25, 0.3) is 0 Å². The maximum absolute atomic E-state index is 13.1. The molecule has 0 amide bonds. The van der Waals surface area contributed by atoms with Gasteiger partial charge in [-0.25, -0.2) is 14.2 Å². The maximum atomic E-state index is 13.1. The molecule has 0 spiro atoms. The molecule has 0 aliphatic heterocycles. The molecule has 7 nitrogen and oxygen atoms in total. The molecule has 3 aromatic rings. The van der Waals surface area contributed by atoms with Crippen LogP contribution in [0.3, 0.4) is 0 Å². The van der Waals surface area contributed by atoms with Crippen molar-refractivity contribution in [3.63, 3.8) is 0 Å². The van der Waals surface area contributed by atoms with Crippen LogP contribution in [-0.4, -0.2) is 42.9 Å². The predicted octanol–water partition coefficient (Wildman–Crippen LogP) is 3.47. The van der Waals surface area contributed by atoms with Gasteiger partial charge >= 0.3 is 18.1 Å². The van der Waals surface area contributed by atoms with Gasteiger partial charge in [0.2, 0.25) is 0 Å². The Hall–Kier alpha value is -3.76. The van der Waals surface area contributed by atoms with Gasteiger partial charge in [0.05, 0.1) is 17.7 Å². The second kappa shape index (κ2) is 8.95. The van der Waals surface area contributed by atoms with Gasteiger partial charge in [-0.3, -0.25) is 9.78 Å². The van der Waals surface area contributed by atoms with Crippen molar-refractivity contribution in [1.29, 1.82) is 0 Å². The lowest BCUT2D eigenvalue weighted by Gasteiger charge is -2.08. The predicted molar refractivity (Wildman–Crippen MR) is 92.2 cm³/mol. The van der Waals surface area contributed by atoms with E-state index in [0.717, 1.165) is 11.1 Å². The number of nitrogens with zero attached hydrogens (tertiary/aromatic N) is 3. The molecule has 0 radical (unpaired) electrons. The lowest BCUT2D eigenvalue weighted by atomic mass is 10.1. The van der Waals surface area contributed by atoms with Gasteiger partial charge in [-0.2, -0.15) is 13.2 Å². The van der Waals surface area contributed by atoms with Crippen LogP contribution in [0.4, 0.5) is 17.6 Å². The molecule has 29 heavy (non-hydrogen) atoms. The van der Waals surface area contributed by atoms with Crippen molar-refractivity contribution in [1.82, 2.24) is 14.5 Å². The zero-order chi connectivity index (χ0) is 21.6. The summed E-state index contributed by atoms with van der Waals surface area (Å²) in [6.45, 7) is -0.203. The summed E-state index contributed by atoms with van der Waals surface area (Å²) in [6.07, 6.45) is -0.355. The largest absolute Gasteiger partial charge is 0.490 e. The molecule has 0 unspecified atom stereocenters. The monoisotopic (exact) mass is 411 g/mol. The number of hydrogen-bond donors (Lipinski definition) is 2. The highest BCUT2D eigenvalue weighted by Crippen LogP contribution is 2.31. The van der Waals surface area contributed by atoms with Gasteiger partial charge < -0.3 is 14.8 Å². The summed E-state index contributed by atoms with van der Waals surface area (Å²) < 4.78 is 46.4. The number of carboxylic acids is 2. The van der Waals surface area contributed by atoms with Crippen molar-refractivity contribution in [2.75, 3.05) is 0 Å². The zero-order valence-corrected chi connectivity index (χ0v) is 14.5. The molecule has 11 heteroatoms. The normalized spacial score (nSPS) is 10.8. The van der Waals surface area contributed by atoms with Crippen molar-refractivity contribution < 1.29 is 37.4 Å². The minimum absolute atomic E-state index is 0.203. The fourth-order valence-corrected chi connectivity index (χ4v) is 2.28. The summed E-state index contributed by atoms with van der Waals surface area (Å²) in [6, 6.07) is 9.50. The summed E-state index contributed by atoms with van der Waals surface area (Å²) in [4.78, 5) is 28.2. The highest BCUT2D eigenvalue weighted by atomic mass is 19.4. The van der Waals surface area contributed by atoms with Crippen LogP contribution in [-0.2, 0) is 16.1 Å². The van der Waals surface area contributed by atoms with Crippen LogP contribution in [0.15, 0.2) is 55.1 Å². The molecule has 0 atom stereocenters. The third-order valence-electron chi connectivity index (χ3n) is 3.46. The lowest BCUT2D eigenvalue weighted by molar-refractivity contribution is -0.192. The van der Waals surface area contributed by atoms with Crippen molar-refractivity contribution in [3.8, 4) is 22.5 Å². The first-order valence-electron chi connectivity index (χ1n) is 7.83. The Bertz CT molecular complexity index is 987. The van der Waals surface area contributed by atoms with Crippen molar-refractivity contribution in [2.45, 2.75) is 12.7 Å². The maximum Gasteiger partial charge on any atom is 0.490 e. The Balaban J connectivity index is 0.000000370. The van der Waals surface area contributed by atoms with Crippen LogP contribution < -0.4 is 0 Å². The molecule has 0 saturated carbocycles. The highest BCUT2D eigenvalue weighted by molar-refractivity contribution is 5.79. The standard InChI is InChI=1S/C16H12FN3O2.C2HF3O2/c17-13-3-1-11(2-4-13)15-16(12-5-7-18-8-6-12)20(10-19-15)9-14(21)22;3-2(4,5)1(6)7/h1-8,10H,9H2,(H,21,22);(H,6,7). The minimum atomic E-state index is -5.08. The summed E-state index contributed by atoms with van der Waals surface area (Å²) in [7, 11) is 0. The van der Waals surface area contributed by atoms with Gasteiger partial charge in [-0.1, -0.05) is 0 Å². The fourth-order valence-electron chi connectivity index (χ4n) is 2.28. The number of carbonyl (C=O) groups is 2. The van der Waals surface area contributed by atoms with Gasteiger partial charge in [-0.15, -0.1) is 0 Å². The third-order valence-corrected chi connectivity index (χ3v) is 3.46. The molecule has 2 aromatic heterocycles. The molecule has 152 valence electrons. The Labute approximate surface area is 160 Å². The topological polar surface area (TPSA) is 105 Å². The second-order valence-corrected chi connectivity index (χ2v) is 5.51. The van der Waals surface area contributed by atoms with E-state index in [0.29, 0.717) is 11.4 Å². The van der Waals surface area contributed by atoms with E-state index in [1.807, 2.05) is 0 Å². The number of hydrogen-bond acceptors (Lipinski definition) is 4. The van der Waals surface area contributed by atoms with Gasteiger partial charge in [0, 0.05) is 23.5 Å². The number of aromatic nitrogens is 3. The van der Waals surface area contributed by atoms with Gasteiger partial charge in [0.1, 0.15) is 12.4 Å². The first-order valence-corrected chi connectivity index (χ1v) is 7.83. The Morgan fingerprint density at radius 1 is 0.966 bits per heavy atom. The quantitative estimate of drug-likeness (QED) is 0.637. The van der Waals surface area contributed by atoms with E-state index >= 15 is 0 Å². The first-order chi connectivity index (χ1) is 13.6. The third kappa shape index (κ3) is 5.86. The SMILES string of the molecule is O=C(O)C(F)(F)F.O=C(O)Cn1cnc(-c2ccc(F)cc2)c1-c1ccncc1. The van der Waals surface area contributed by atoms with E-state index < -0.39 is 18.1 Å². The molecule has 0 fully saturated rings. The molecule has 0 aliphatic carbocycles. The number of imidazole rings is 1. The van der Waals surface area contributed by atoms with Gasteiger partial charge in [-0.05, 0) is 36.4 Å². The van der Waals surface area contributed by atoms with Crippen LogP contribution in [0, 0.1) is 5.82 Å². The van der Waals surface area contributed by atoms with Crippen LogP contribution in [0.1, 0.15) is 0 Å². The first kappa shape index (κ1) is 21.5. The molecule has 1 aromatic carbocycles. The van der Waals surface area contributed by atoms with E-state index in [4.69, 9.17) is 15.0 Å². The molecular formula is C18H13F4N3O4. The summed E-state index contributed by atoms with van der Waals surface area (Å²) in [5.74, 6) is -4.05. The van der Waals surface area contributed by atoms with Crippen LogP contribution in [0.5, 0.6) is 0 Å². The van der Waals surface area contributed by atoms with E-state index in [9.17, 15) is 22.4 Å². The second-order valence-electron chi connectivity index (χ2n) is 5.51. The van der Waals surface area contributed by atoms with Crippen molar-refractivity contribution >= 4 is 11.9 Å². The van der Waals surface area contributed by atoms with Gasteiger partial charge in [0.15, 0.2) is 0 Å². The Kier molecular flexibility index (Phi) is 6.65. The summed E-state index contributed by atoms with van der Waals surface area (Å²) in [5.41, 5.74) is 2.79. The van der Waals surface area contributed by atoms with E-state index in [1.54, 1.807) is 41.2 Å². The number of carboxylic acid groups (broad SMARTS) is 2. The smallest absolute Gasteiger partial charge is 0.480 e. The summed E-state index contributed by atoms with van der Waals surface area (Å²) >= 11 is 0. The molecule has 2 heterocycles. The number of alkyl halides is 3. The fraction of sp³-hybridized carbons (Fsp3) is 0.111. The van der Waals surface area contributed by atoms with Crippen LogP contribution in [0.2, 0.25) is 0 Å². The molecular weight excluding hydrogens is 398 g/mol. The molecule has 0 saturated heterocycles. The van der Waals surface area contributed by atoms with Crippen molar-refractivity contribution in [2.24, 2.45) is 0 Å². The number of pyridine rings is 1. The number of benzene rings is 1. The zero-order valence-electron chi connectivity index (χ0n) is 14.5. The number of aliphatic carboxylic acids is 2. The average Bonchev–Trinajstić information content (AvgIpc) is 3.05. The number of rotatable bonds is 4. The van der Waals surface area contributed by atoms with E-state index in [-0.39, 0.29) is 12.4 Å². The molecule has 3 rings (SSSR count). The van der Waals surface area contributed by atoms with E-state index in [2.05, 4.69) is 9.97 Å². The Morgan fingerprint density at radius 2 is 1.52 bits per heavy atom. The van der Waals surface area contributed by atoms with Crippen molar-refractivity contribution in [3.05, 3.63) is 60.9 Å². The Morgan fingerprint density at radius 3 is 2.00 bits per heavy atom. The molecule has 0 aliphatic rings. The number of halogens is 4. The lowest BCUT2D eigenvalue weighted by Crippen LogP contribution is -2.21. The molecule has 2 N–H and O–H groups in total. The van der Waals surface area contributed by atoms with E-state index in [1.165, 1.54) is 18.5 Å². The summed E-state index contributed by atoms with van der Waals surface area (Å²) in [5, 5.41) is 16.2. The molecule has 0 bridgehead atoms. The van der Waals surface area contributed by atoms with Crippen LogP contribution >= 0.6 is 0 Å².